The molecule has 3 rings (SSSR count). The van der Waals surface area contributed by atoms with Crippen molar-refractivity contribution in [2.45, 2.75) is 18.9 Å². The smallest absolute Gasteiger partial charge is 0.266 e. The van der Waals surface area contributed by atoms with Crippen molar-refractivity contribution in [3.05, 3.63) is 29.3 Å². The highest BCUT2D eigenvalue weighted by molar-refractivity contribution is 9.09. The number of carbonyl (C=O) groups excluding carboxylic acids is 3. The van der Waals surface area contributed by atoms with Gasteiger partial charge in [0.25, 0.3) is 11.8 Å². The molecule has 134 valence electrons. The molecule has 3 amide bonds. The lowest BCUT2D eigenvalue weighted by Gasteiger charge is -2.28. The van der Waals surface area contributed by atoms with Crippen LogP contribution in [0.2, 0.25) is 0 Å². The molecule has 1 fully saturated rings. The first-order valence-corrected chi connectivity index (χ1v) is 9.32. The van der Waals surface area contributed by atoms with Crippen molar-refractivity contribution >= 4 is 33.7 Å². The third-order valence-electron chi connectivity index (χ3n) is 4.18. The summed E-state index contributed by atoms with van der Waals surface area (Å²) in [6.07, 6.45) is 1.21. The van der Waals surface area contributed by atoms with Crippen molar-refractivity contribution < 1.29 is 23.9 Å². The third kappa shape index (κ3) is 3.55. The molecule has 0 bridgehead atoms. The molecule has 2 aliphatic heterocycles. The molecule has 1 atom stereocenters. The number of nitrogens with zero attached hydrogens (tertiary/aromatic N) is 1. The normalized spacial score (nSPS) is 19.8. The van der Waals surface area contributed by atoms with E-state index >= 15 is 0 Å². The van der Waals surface area contributed by atoms with Gasteiger partial charge in [0.2, 0.25) is 5.91 Å². The van der Waals surface area contributed by atoms with Crippen LogP contribution in [0.5, 0.6) is 5.75 Å². The number of imide groups is 1. The van der Waals surface area contributed by atoms with E-state index in [1.165, 1.54) is 0 Å². The van der Waals surface area contributed by atoms with E-state index in [-0.39, 0.29) is 23.6 Å². The molecule has 1 aromatic carbocycles. The van der Waals surface area contributed by atoms with E-state index in [0.717, 1.165) is 16.7 Å². The minimum atomic E-state index is -0.753. The third-order valence-corrected chi connectivity index (χ3v) is 4.51. The minimum Gasteiger partial charge on any atom is -0.490 e. The molecule has 0 aromatic heterocycles. The molecule has 1 unspecified atom stereocenters. The van der Waals surface area contributed by atoms with Gasteiger partial charge in [0.15, 0.2) is 0 Å². The van der Waals surface area contributed by atoms with E-state index in [2.05, 4.69) is 21.2 Å². The fourth-order valence-corrected chi connectivity index (χ4v) is 3.27. The molecule has 1 N–H and O–H groups in total. The Morgan fingerprint density at radius 2 is 2.00 bits per heavy atom. The molecule has 0 radical (unpaired) electrons. The number of carbonyl (C=O) groups is 3. The van der Waals surface area contributed by atoms with Crippen LogP contribution < -0.4 is 10.1 Å². The van der Waals surface area contributed by atoms with Crippen molar-refractivity contribution in [3.63, 3.8) is 0 Å². The highest BCUT2D eigenvalue weighted by Crippen LogP contribution is 2.33. The largest absolute Gasteiger partial charge is 0.490 e. The van der Waals surface area contributed by atoms with E-state index < -0.39 is 17.9 Å². The molecular weight excluding hydrogens is 392 g/mol. The second kappa shape index (κ2) is 7.97. The van der Waals surface area contributed by atoms with Crippen molar-refractivity contribution in [3.8, 4) is 5.75 Å². The van der Waals surface area contributed by atoms with Crippen LogP contribution in [0.1, 0.15) is 33.6 Å². The zero-order valence-corrected chi connectivity index (χ0v) is 15.2. The fraction of sp³-hybridized carbons (Fsp3) is 0.471. The SMILES string of the molecule is O=C1NCCCC1N1C(=O)c2cccc(OCCOCCBr)c2C1=O. The second-order valence-electron chi connectivity index (χ2n) is 5.76. The summed E-state index contributed by atoms with van der Waals surface area (Å²) >= 11 is 3.26. The number of fused-ring (bicyclic) bond motifs is 1. The number of hydrogen-bond donors (Lipinski definition) is 1. The zero-order valence-electron chi connectivity index (χ0n) is 13.6. The summed E-state index contributed by atoms with van der Waals surface area (Å²) in [5.41, 5.74) is 0.508. The Balaban J connectivity index is 1.78. The maximum Gasteiger partial charge on any atom is 0.266 e. The summed E-state index contributed by atoms with van der Waals surface area (Å²) in [6, 6.07) is 4.16. The van der Waals surface area contributed by atoms with Gasteiger partial charge >= 0.3 is 0 Å². The maximum absolute atomic E-state index is 12.8. The molecule has 2 aliphatic rings. The van der Waals surface area contributed by atoms with Gasteiger partial charge in [0.1, 0.15) is 18.4 Å². The number of nitrogens with one attached hydrogen (secondary N) is 1. The summed E-state index contributed by atoms with van der Waals surface area (Å²) in [5.74, 6) is -0.856. The first-order chi connectivity index (χ1) is 12.1. The van der Waals surface area contributed by atoms with Gasteiger partial charge in [-0.15, -0.1) is 0 Å². The zero-order chi connectivity index (χ0) is 17.8. The number of ether oxygens (including phenoxy) is 2. The molecule has 0 saturated carbocycles. The average molecular weight is 411 g/mol. The number of halogens is 1. The van der Waals surface area contributed by atoms with Crippen LogP contribution in [-0.2, 0) is 9.53 Å². The van der Waals surface area contributed by atoms with Crippen molar-refractivity contribution in [1.29, 1.82) is 0 Å². The van der Waals surface area contributed by atoms with Crippen LogP contribution in [-0.4, -0.2) is 60.4 Å². The van der Waals surface area contributed by atoms with Gasteiger partial charge in [-0.25, -0.2) is 0 Å². The van der Waals surface area contributed by atoms with Gasteiger partial charge < -0.3 is 14.8 Å². The topological polar surface area (TPSA) is 84.9 Å². The standard InChI is InChI=1S/C17H19BrN2O5/c18-6-8-24-9-10-25-13-5-1-3-11-14(13)17(23)20(16(11)22)12-4-2-7-19-15(12)21/h1,3,5,12H,2,4,6-10H2,(H,19,21). The number of alkyl halides is 1. The van der Waals surface area contributed by atoms with Gasteiger partial charge in [0, 0.05) is 11.9 Å². The lowest BCUT2D eigenvalue weighted by Crippen LogP contribution is -2.52. The number of piperidine rings is 1. The Kier molecular flexibility index (Phi) is 5.70. The van der Waals surface area contributed by atoms with Crippen molar-refractivity contribution in [1.82, 2.24) is 10.2 Å². The molecular formula is C17H19BrN2O5. The van der Waals surface area contributed by atoms with Crippen LogP contribution in [0.3, 0.4) is 0 Å². The lowest BCUT2D eigenvalue weighted by atomic mass is 10.1. The highest BCUT2D eigenvalue weighted by Gasteiger charge is 2.44. The minimum absolute atomic E-state index is 0.228. The lowest BCUT2D eigenvalue weighted by molar-refractivity contribution is -0.126. The first kappa shape index (κ1) is 17.9. The Morgan fingerprint density at radius 1 is 1.16 bits per heavy atom. The molecule has 1 saturated heterocycles. The van der Waals surface area contributed by atoms with Gasteiger partial charge in [-0.2, -0.15) is 0 Å². The van der Waals surface area contributed by atoms with Gasteiger partial charge in [-0.3, -0.25) is 19.3 Å². The monoisotopic (exact) mass is 410 g/mol. The van der Waals surface area contributed by atoms with E-state index in [0.29, 0.717) is 31.9 Å². The van der Waals surface area contributed by atoms with E-state index in [1.54, 1.807) is 18.2 Å². The van der Waals surface area contributed by atoms with Crippen molar-refractivity contribution in [2.24, 2.45) is 0 Å². The highest BCUT2D eigenvalue weighted by atomic mass is 79.9. The number of hydrogen-bond acceptors (Lipinski definition) is 5. The van der Waals surface area contributed by atoms with Crippen LogP contribution in [0.15, 0.2) is 18.2 Å². The van der Waals surface area contributed by atoms with Crippen LogP contribution >= 0.6 is 15.9 Å². The van der Waals surface area contributed by atoms with Crippen LogP contribution in [0.25, 0.3) is 0 Å². The molecule has 0 spiro atoms. The summed E-state index contributed by atoms with van der Waals surface area (Å²) in [7, 11) is 0. The van der Waals surface area contributed by atoms with E-state index in [4.69, 9.17) is 9.47 Å². The summed E-state index contributed by atoms with van der Waals surface area (Å²) < 4.78 is 11.0. The van der Waals surface area contributed by atoms with Crippen LogP contribution in [0, 0.1) is 0 Å². The van der Waals surface area contributed by atoms with Gasteiger partial charge in [0.05, 0.1) is 24.3 Å². The number of amides is 3. The quantitative estimate of drug-likeness (QED) is 0.416. The molecule has 8 heteroatoms. The average Bonchev–Trinajstić information content (AvgIpc) is 2.87. The molecule has 0 aliphatic carbocycles. The molecule has 2 heterocycles. The second-order valence-corrected chi connectivity index (χ2v) is 6.55. The number of benzene rings is 1. The van der Waals surface area contributed by atoms with E-state index in [1.807, 2.05) is 0 Å². The Hall–Kier alpha value is -1.93. The summed E-state index contributed by atoms with van der Waals surface area (Å²) in [4.78, 5) is 38.6. The molecule has 1 aromatic rings. The Morgan fingerprint density at radius 3 is 2.76 bits per heavy atom. The maximum atomic E-state index is 12.8. The Labute approximate surface area is 153 Å². The van der Waals surface area contributed by atoms with Crippen LogP contribution in [0.4, 0.5) is 0 Å². The van der Waals surface area contributed by atoms with Gasteiger partial charge in [-0.1, -0.05) is 22.0 Å². The first-order valence-electron chi connectivity index (χ1n) is 8.20. The van der Waals surface area contributed by atoms with Crippen molar-refractivity contribution in [2.75, 3.05) is 31.7 Å². The molecule has 25 heavy (non-hydrogen) atoms. The predicted molar refractivity (Wildman–Crippen MR) is 93.1 cm³/mol. The predicted octanol–water partition coefficient (Wildman–Crippen LogP) is 1.35. The van der Waals surface area contributed by atoms with E-state index in [9.17, 15) is 14.4 Å². The van der Waals surface area contributed by atoms with Gasteiger partial charge in [-0.05, 0) is 25.0 Å². The Bertz CT molecular complexity index is 694. The number of rotatable bonds is 7. The molecule has 7 nitrogen and oxygen atoms in total. The summed E-state index contributed by atoms with van der Waals surface area (Å²) in [5, 5.41) is 3.44. The summed E-state index contributed by atoms with van der Waals surface area (Å²) in [6.45, 7) is 1.79. The fourth-order valence-electron chi connectivity index (χ4n) is 3.05.